The summed E-state index contributed by atoms with van der Waals surface area (Å²) in [5, 5.41) is -0.477. The van der Waals surface area contributed by atoms with Crippen molar-refractivity contribution in [1.82, 2.24) is 9.97 Å². The second-order valence-corrected chi connectivity index (χ2v) is 33.9. The Morgan fingerprint density at radius 3 is 1.88 bits per heavy atom. The van der Waals surface area contributed by atoms with Crippen LogP contribution in [0.1, 0.15) is 73.9 Å². The highest BCUT2D eigenvalue weighted by Crippen LogP contribution is 2.51. The topological polar surface area (TPSA) is 108 Å². The molecule has 1 fully saturated rings. The molecule has 0 aromatic carbocycles. The van der Waals surface area contributed by atoms with Crippen LogP contribution in [-0.2, 0) is 18.7 Å². The summed E-state index contributed by atoms with van der Waals surface area (Å²) in [4.78, 5) is 20.0. The molecule has 0 aliphatic heterocycles. The first-order chi connectivity index (χ1) is 18.9. The second-order valence-electron chi connectivity index (χ2n) is 16.9. The molecule has 0 radical (unpaired) electrons. The number of sulfone groups is 1. The van der Waals surface area contributed by atoms with Gasteiger partial charge in [-0.25, -0.2) is 13.4 Å². The maximum Gasteiger partial charge on any atom is 0.250 e. The molecule has 0 amide bonds. The lowest BCUT2D eigenvalue weighted by Gasteiger charge is -2.44. The quantitative estimate of drug-likeness (QED) is 0.137. The van der Waals surface area contributed by atoms with E-state index < -0.39 is 34.8 Å². The highest BCUT2D eigenvalue weighted by atomic mass is 127. The number of aryl methyl sites for hydroxylation is 1. The Balaban J connectivity index is 2.69. The van der Waals surface area contributed by atoms with Gasteiger partial charge < -0.3 is 18.4 Å². The number of hydrogen-bond acceptors (Lipinski definition) is 8. The largest absolute Gasteiger partial charge is 0.473 e. The third-order valence-electron chi connectivity index (χ3n) is 10.6. The van der Waals surface area contributed by atoms with Crippen molar-refractivity contribution in [2.45, 2.75) is 147 Å². The van der Waals surface area contributed by atoms with Crippen molar-refractivity contribution in [3.05, 3.63) is 9.26 Å². The van der Waals surface area contributed by atoms with Gasteiger partial charge in [-0.15, -0.1) is 0 Å². The monoisotopic (exact) mass is 786 g/mol. The Bertz CT molecular complexity index is 1250. The molecule has 1 N–H and O–H groups in total. The number of ether oxygens (including phenoxy) is 1. The Kier molecular flexibility index (Phi) is 11.8. The number of nitrogens with zero attached hydrogens (tertiary/aromatic N) is 2. The van der Waals surface area contributed by atoms with Crippen molar-refractivity contribution in [3.8, 4) is 5.88 Å². The number of halogens is 1. The van der Waals surface area contributed by atoms with Crippen LogP contribution in [0.2, 0.25) is 54.4 Å². The molecule has 250 valence electrons. The SMILES string of the molecule is Cc1nc(S(C)(=O)=O)nc(O[C@@H]2C[C@H](CO[Si](C)(C)C(C)(C)C)[C@@H](O[Si](C)(C)C(C)(C)C)[C@H]2CC(C)(C)[Si](C)(C)O)c1I. The standard InChI is InChI=1S/C30H59IN2O6SSi3/c1-20-24(31)26(33-27(32-20)40(10,34)35)38-23-17-21(19-37-42(13,14)28(2,3)4)25(39-43(15,16)29(5,6)7)22(23)18-30(8,9)41(11,12)36/h21-23,25,36H,17-19H2,1-16H3/t21-,22+,23-,25-/m1/s1. The Hall–Kier alpha value is 0.0906. The molecule has 0 spiro atoms. The first-order valence-electron chi connectivity index (χ1n) is 15.4. The lowest BCUT2D eigenvalue weighted by Crippen LogP contribution is -2.50. The third-order valence-corrected chi connectivity index (χ3v) is 25.1. The van der Waals surface area contributed by atoms with E-state index >= 15 is 0 Å². The van der Waals surface area contributed by atoms with Crippen molar-refractivity contribution in [2.75, 3.05) is 12.9 Å². The van der Waals surface area contributed by atoms with Gasteiger partial charge in [-0.05, 0) is 96.8 Å². The van der Waals surface area contributed by atoms with Gasteiger partial charge in [-0.1, -0.05) is 55.4 Å². The first-order valence-corrected chi connectivity index (χ1v) is 27.1. The van der Waals surface area contributed by atoms with Gasteiger partial charge in [0.05, 0.1) is 15.4 Å². The maximum absolute atomic E-state index is 12.4. The average molecular weight is 787 g/mol. The molecule has 4 atom stereocenters. The van der Waals surface area contributed by atoms with Gasteiger partial charge in [0.25, 0.3) is 0 Å². The zero-order valence-electron chi connectivity index (χ0n) is 29.6. The molecule has 1 saturated carbocycles. The first kappa shape index (κ1) is 39.3. The second kappa shape index (κ2) is 12.9. The van der Waals surface area contributed by atoms with Crippen LogP contribution in [0.4, 0.5) is 0 Å². The third kappa shape index (κ3) is 9.34. The van der Waals surface area contributed by atoms with Crippen LogP contribution in [0.3, 0.4) is 0 Å². The van der Waals surface area contributed by atoms with E-state index in [0.29, 0.717) is 34.6 Å². The molecule has 0 bridgehead atoms. The summed E-state index contributed by atoms with van der Waals surface area (Å²) in [6, 6.07) is 0. The normalized spacial score (nSPS) is 23.1. The summed E-state index contributed by atoms with van der Waals surface area (Å²) in [7, 11) is -10.5. The molecule has 1 aliphatic rings. The van der Waals surface area contributed by atoms with Crippen LogP contribution in [0.25, 0.3) is 0 Å². The summed E-state index contributed by atoms with van der Waals surface area (Å²) < 4.78 is 46.4. The Labute approximate surface area is 279 Å². The summed E-state index contributed by atoms with van der Waals surface area (Å²) in [6.45, 7) is 33.3. The van der Waals surface area contributed by atoms with Crippen LogP contribution < -0.4 is 4.74 Å². The summed E-state index contributed by atoms with van der Waals surface area (Å²) >= 11 is 2.14. The van der Waals surface area contributed by atoms with E-state index in [1.807, 2.05) is 13.1 Å². The Morgan fingerprint density at radius 2 is 1.44 bits per heavy atom. The minimum Gasteiger partial charge on any atom is -0.473 e. The average Bonchev–Trinajstić information content (AvgIpc) is 3.07. The fourth-order valence-electron chi connectivity index (χ4n) is 4.68. The van der Waals surface area contributed by atoms with Gasteiger partial charge in [0.2, 0.25) is 20.9 Å². The summed E-state index contributed by atoms with van der Waals surface area (Å²) in [6.07, 6.45) is 2.08. The van der Waals surface area contributed by atoms with E-state index in [1.165, 1.54) is 0 Å². The minimum absolute atomic E-state index is 0.00534. The lowest BCUT2D eigenvalue weighted by molar-refractivity contribution is 0.0453. The van der Waals surface area contributed by atoms with Crippen molar-refractivity contribution in [2.24, 2.45) is 11.8 Å². The van der Waals surface area contributed by atoms with Crippen LogP contribution in [0, 0.1) is 22.3 Å². The van der Waals surface area contributed by atoms with Crippen molar-refractivity contribution in [1.29, 1.82) is 0 Å². The van der Waals surface area contributed by atoms with E-state index in [9.17, 15) is 13.2 Å². The fourth-order valence-corrected chi connectivity index (χ4v) is 8.80. The van der Waals surface area contributed by atoms with Gasteiger partial charge in [-0.3, -0.25) is 0 Å². The molecule has 0 unspecified atom stereocenters. The van der Waals surface area contributed by atoms with E-state index in [0.717, 1.165) is 6.26 Å². The molecule has 13 heteroatoms. The zero-order valence-corrected chi connectivity index (χ0v) is 35.6. The molecule has 8 nitrogen and oxygen atoms in total. The lowest BCUT2D eigenvalue weighted by atomic mass is 9.90. The highest BCUT2D eigenvalue weighted by Gasteiger charge is 2.54. The molecule has 1 aromatic rings. The maximum atomic E-state index is 12.4. The molecule has 1 aromatic heterocycles. The van der Waals surface area contributed by atoms with Crippen LogP contribution in [-0.4, -0.2) is 73.2 Å². The van der Waals surface area contributed by atoms with Crippen molar-refractivity contribution >= 4 is 57.4 Å². The molecule has 1 aliphatic carbocycles. The molecular formula is C30H59IN2O6SSi3. The Morgan fingerprint density at radius 1 is 0.930 bits per heavy atom. The minimum atomic E-state index is -3.63. The predicted octanol–water partition coefficient (Wildman–Crippen LogP) is 7.96. The zero-order chi connectivity index (χ0) is 33.8. The smallest absolute Gasteiger partial charge is 0.250 e. The molecule has 2 rings (SSSR count). The van der Waals surface area contributed by atoms with Crippen LogP contribution in [0.15, 0.2) is 5.16 Å². The fraction of sp³-hybridized carbons (Fsp3) is 0.867. The van der Waals surface area contributed by atoms with Gasteiger partial charge in [-0.2, -0.15) is 4.98 Å². The van der Waals surface area contributed by atoms with E-state index in [-0.39, 0.29) is 44.3 Å². The van der Waals surface area contributed by atoms with Crippen molar-refractivity contribution < 1.29 is 26.8 Å². The van der Waals surface area contributed by atoms with Crippen LogP contribution in [0.5, 0.6) is 5.88 Å². The van der Waals surface area contributed by atoms with Crippen LogP contribution >= 0.6 is 22.6 Å². The predicted molar refractivity (Wildman–Crippen MR) is 192 cm³/mol. The van der Waals surface area contributed by atoms with Gasteiger partial charge in [0.15, 0.2) is 25.0 Å². The van der Waals surface area contributed by atoms with E-state index in [1.54, 1.807) is 6.92 Å². The summed E-state index contributed by atoms with van der Waals surface area (Å²) in [5.74, 6) is 0.315. The molecule has 43 heavy (non-hydrogen) atoms. The van der Waals surface area contributed by atoms with E-state index in [2.05, 4.69) is 114 Å². The number of hydrogen-bond donors (Lipinski definition) is 1. The van der Waals surface area contributed by atoms with Gasteiger partial charge in [0.1, 0.15) is 6.10 Å². The summed E-state index contributed by atoms with van der Waals surface area (Å²) in [5.41, 5.74) is 0.566. The number of rotatable bonds is 11. The molecule has 0 saturated heterocycles. The number of aromatic nitrogens is 2. The van der Waals surface area contributed by atoms with E-state index in [4.69, 9.17) is 13.6 Å². The van der Waals surface area contributed by atoms with Crippen molar-refractivity contribution in [3.63, 3.8) is 0 Å². The van der Waals surface area contributed by atoms with Gasteiger partial charge >= 0.3 is 0 Å². The van der Waals surface area contributed by atoms with Gasteiger partial charge in [0, 0.05) is 24.7 Å². The highest BCUT2D eigenvalue weighted by molar-refractivity contribution is 14.1. The molecule has 1 heterocycles. The molecular weight excluding hydrogens is 728 g/mol.